The maximum absolute atomic E-state index is 9.92. The fourth-order valence-corrected chi connectivity index (χ4v) is 0.992. The highest BCUT2D eigenvalue weighted by Crippen LogP contribution is 2.14. The molecule has 0 amide bonds. The molecule has 2 heteroatoms. The van der Waals surface area contributed by atoms with E-state index in [1.54, 1.807) is 12.2 Å². The Morgan fingerprint density at radius 3 is 2.60 bits per heavy atom. The number of aldehydes is 1. The van der Waals surface area contributed by atoms with E-state index < -0.39 is 0 Å². The fourth-order valence-electron chi connectivity index (χ4n) is 0.421. The van der Waals surface area contributed by atoms with Crippen molar-refractivity contribution < 1.29 is 4.79 Å². The summed E-state index contributed by atoms with van der Waals surface area (Å²) in [4.78, 5) is 10.9. The van der Waals surface area contributed by atoms with Crippen molar-refractivity contribution in [2.45, 2.75) is 0 Å². The number of carbonyl (C=O) groups is 1. The van der Waals surface area contributed by atoms with Crippen molar-refractivity contribution in [2.24, 2.45) is 0 Å². The van der Waals surface area contributed by atoms with E-state index in [9.17, 15) is 4.79 Å². The van der Waals surface area contributed by atoms with Gasteiger partial charge >= 0.3 is 0 Å². The van der Waals surface area contributed by atoms with E-state index in [-0.39, 0.29) is 0 Å². The smallest absolute Gasteiger partial charge is 0.130 e. The molecule has 0 aliphatic rings. The first-order valence-electron chi connectivity index (χ1n) is 2.86. The summed E-state index contributed by atoms with van der Waals surface area (Å²) >= 11 is 1.45. The lowest BCUT2D eigenvalue weighted by Crippen LogP contribution is -1.77. The number of hydrogen-bond acceptors (Lipinski definition) is 2. The van der Waals surface area contributed by atoms with Gasteiger partial charge in [0.05, 0.1) is 5.75 Å². The van der Waals surface area contributed by atoms with Crippen molar-refractivity contribution in [2.75, 3.05) is 5.75 Å². The summed E-state index contributed by atoms with van der Waals surface area (Å²) in [5, 5.41) is 0. The van der Waals surface area contributed by atoms with Gasteiger partial charge in [0.15, 0.2) is 0 Å². The number of hydrogen-bond donors (Lipinski definition) is 0. The summed E-state index contributed by atoms with van der Waals surface area (Å²) < 4.78 is 0. The monoisotopic (exact) mass is 154 g/mol. The predicted octanol–water partition coefficient (Wildman–Crippen LogP) is 2.17. The zero-order valence-electron chi connectivity index (χ0n) is 5.75. The third kappa shape index (κ3) is 4.15. The highest BCUT2D eigenvalue weighted by atomic mass is 32.2. The summed E-state index contributed by atoms with van der Waals surface area (Å²) in [5.74, 6) is 0.478. The Labute approximate surface area is 65.5 Å². The van der Waals surface area contributed by atoms with Gasteiger partial charge in [-0.15, -0.1) is 11.8 Å². The first-order chi connectivity index (χ1) is 4.85. The fraction of sp³-hybridized carbons (Fsp3) is 0.125. The minimum absolute atomic E-state index is 0.478. The number of allylic oxidation sites excluding steroid dienone is 3. The Hall–Kier alpha value is -0.760. The molecular weight excluding hydrogens is 144 g/mol. The molecule has 0 fully saturated rings. The van der Waals surface area contributed by atoms with Crippen molar-refractivity contribution in [1.82, 2.24) is 0 Å². The lowest BCUT2D eigenvalue weighted by atomic mass is 10.5. The molecule has 0 N–H and O–H groups in total. The van der Waals surface area contributed by atoms with Crippen LogP contribution in [0.4, 0.5) is 0 Å². The van der Waals surface area contributed by atoms with Gasteiger partial charge < -0.3 is 4.79 Å². The van der Waals surface area contributed by atoms with E-state index in [1.165, 1.54) is 11.8 Å². The van der Waals surface area contributed by atoms with Gasteiger partial charge in [0.25, 0.3) is 0 Å². The van der Waals surface area contributed by atoms with Crippen molar-refractivity contribution in [1.29, 1.82) is 0 Å². The molecule has 0 unspecified atom stereocenters. The van der Waals surface area contributed by atoms with Gasteiger partial charge in [0, 0.05) is 4.91 Å². The molecule has 10 heavy (non-hydrogen) atoms. The van der Waals surface area contributed by atoms with Crippen LogP contribution in [0.3, 0.4) is 0 Å². The summed E-state index contributed by atoms with van der Waals surface area (Å²) in [5.41, 5.74) is 0. The molecular formula is C8H10OS. The van der Waals surface area contributed by atoms with Gasteiger partial charge in [-0.3, -0.25) is 0 Å². The van der Waals surface area contributed by atoms with Crippen LogP contribution in [0.2, 0.25) is 0 Å². The van der Waals surface area contributed by atoms with Gasteiger partial charge in [-0.25, -0.2) is 0 Å². The van der Waals surface area contributed by atoms with E-state index in [4.69, 9.17) is 0 Å². The average Bonchev–Trinajstić information content (AvgIpc) is 1.98. The third-order valence-corrected chi connectivity index (χ3v) is 1.74. The second-order valence-corrected chi connectivity index (χ2v) is 2.58. The molecule has 0 spiro atoms. The average molecular weight is 154 g/mol. The largest absolute Gasteiger partial charge is 0.302 e. The van der Waals surface area contributed by atoms with E-state index in [1.807, 2.05) is 6.08 Å². The molecule has 0 aromatic carbocycles. The molecule has 0 aromatic heterocycles. The van der Waals surface area contributed by atoms with E-state index >= 15 is 0 Å². The quantitative estimate of drug-likeness (QED) is 0.446. The Morgan fingerprint density at radius 1 is 1.50 bits per heavy atom. The van der Waals surface area contributed by atoms with Crippen molar-refractivity contribution in [3.8, 4) is 0 Å². The zero-order valence-corrected chi connectivity index (χ0v) is 6.56. The first-order valence-corrected chi connectivity index (χ1v) is 3.85. The third-order valence-electron chi connectivity index (χ3n) is 0.801. The molecule has 54 valence electrons. The Balaban J connectivity index is 3.81. The lowest BCUT2D eigenvalue weighted by molar-refractivity contribution is -0.105. The van der Waals surface area contributed by atoms with Crippen LogP contribution in [0.1, 0.15) is 0 Å². The minimum atomic E-state index is 0.478. The summed E-state index contributed by atoms with van der Waals surface area (Å²) in [6.45, 7) is 7.11. The van der Waals surface area contributed by atoms with Crippen LogP contribution >= 0.6 is 11.8 Å². The molecule has 1 nitrogen and oxygen atoms in total. The summed E-state index contributed by atoms with van der Waals surface area (Å²) in [6.07, 6.45) is 6.07. The molecule has 0 heterocycles. The van der Waals surface area contributed by atoms with Crippen molar-refractivity contribution in [3.63, 3.8) is 0 Å². The Morgan fingerprint density at radius 2 is 2.20 bits per heavy atom. The van der Waals surface area contributed by atoms with Gasteiger partial charge in [0.1, 0.15) is 6.29 Å². The molecule has 0 rings (SSSR count). The van der Waals surface area contributed by atoms with Crippen molar-refractivity contribution >= 4 is 18.0 Å². The van der Waals surface area contributed by atoms with Gasteiger partial charge in [0.2, 0.25) is 0 Å². The van der Waals surface area contributed by atoms with Crippen LogP contribution < -0.4 is 0 Å². The number of rotatable bonds is 5. The SMILES string of the molecule is C=C/C=C(\C=C)SCC=O. The lowest BCUT2D eigenvalue weighted by Gasteiger charge is -1.93. The maximum Gasteiger partial charge on any atom is 0.130 e. The molecule has 0 aliphatic heterocycles. The van der Waals surface area contributed by atoms with Crippen LogP contribution in [0.15, 0.2) is 36.3 Å². The van der Waals surface area contributed by atoms with Crippen LogP contribution in [-0.2, 0) is 4.79 Å². The van der Waals surface area contributed by atoms with E-state index in [2.05, 4.69) is 13.2 Å². The highest BCUT2D eigenvalue weighted by Gasteiger charge is 1.88. The summed E-state index contributed by atoms with van der Waals surface area (Å²) in [7, 11) is 0. The van der Waals surface area contributed by atoms with Crippen molar-refractivity contribution in [3.05, 3.63) is 36.3 Å². The topological polar surface area (TPSA) is 17.1 Å². The van der Waals surface area contributed by atoms with Crippen LogP contribution in [-0.4, -0.2) is 12.0 Å². The van der Waals surface area contributed by atoms with Gasteiger partial charge in [-0.05, 0) is 6.08 Å². The van der Waals surface area contributed by atoms with E-state index in [0.717, 1.165) is 11.2 Å². The predicted molar refractivity (Wildman–Crippen MR) is 47.0 cm³/mol. The standard InChI is InChI=1S/C8H10OS/c1-3-5-8(4-2)10-7-6-9/h3-6H,1-2,7H2/b8-5+. The van der Waals surface area contributed by atoms with Crippen LogP contribution in [0, 0.1) is 0 Å². The molecule has 0 bridgehead atoms. The molecule has 0 atom stereocenters. The maximum atomic E-state index is 9.92. The number of carbonyl (C=O) groups excluding carboxylic acids is 1. The van der Waals surface area contributed by atoms with Crippen LogP contribution in [0.25, 0.3) is 0 Å². The minimum Gasteiger partial charge on any atom is -0.302 e. The van der Waals surface area contributed by atoms with Gasteiger partial charge in [-0.1, -0.05) is 25.3 Å². The molecule has 0 saturated carbocycles. The Kier molecular flexibility index (Phi) is 5.88. The molecule has 0 saturated heterocycles. The Bertz CT molecular complexity index is 159. The van der Waals surface area contributed by atoms with Gasteiger partial charge in [-0.2, -0.15) is 0 Å². The zero-order chi connectivity index (χ0) is 7.82. The molecule has 0 aliphatic carbocycles. The molecule has 0 aromatic rings. The number of thioether (sulfide) groups is 1. The van der Waals surface area contributed by atoms with E-state index in [0.29, 0.717) is 5.75 Å². The normalized spacial score (nSPS) is 10.6. The second kappa shape index (κ2) is 6.36. The summed E-state index contributed by atoms with van der Waals surface area (Å²) in [6, 6.07) is 0. The second-order valence-electron chi connectivity index (χ2n) is 1.49. The first kappa shape index (κ1) is 9.24. The van der Waals surface area contributed by atoms with Crippen LogP contribution in [0.5, 0.6) is 0 Å². The molecule has 0 radical (unpaired) electrons. The highest BCUT2D eigenvalue weighted by molar-refractivity contribution is 8.03.